The van der Waals surface area contributed by atoms with Gasteiger partial charge in [-0.25, -0.2) is 9.78 Å². The van der Waals surface area contributed by atoms with Crippen LogP contribution >= 0.6 is 11.3 Å². The quantitative estimate of drug-likeness (QED) is 0.901. The Balaban J connectivity index is 1.96. The van der Waals surface area contributed by atoms with Crippen LogP contribution < -0.4 is 10.6 Å². The van der Waals surface area contributed by atoms with Gasteiger partial charge in [-0.15, -0.1) is 11.3 Å². The molecule has 2 amide bonds. The molecular weight excluding hydrogens is 272 g/mol. The number of anilines is 2. The average molecular weight is 286 g/mol. The van der Waals surface area contributed by atoms with E-state index in [9.17, 15) is 4.79 Å². The fraction of sp³-hybridized carbons (Fsp3) is 0.214. The average Bonchev–Trinajstić information content (AvgIpc) is 2.88. The fourth-order valence-corrected chi connectivity index (χ4v) is 2.31. The molecule has 102 valence electrons. The van der Waals surface area contributed by atoms with Crippen LogP contribution in [0.2, 0.25) is 0 Å². The van der Waals surface area contributed by atoms with Gasteiger partial charge in [0, 0.05) is 16.8 Å². The predicted molar refractivity (Wildman–Crippen MR) is 80.0 cm³/mol. The van der Waals surface area contributed by atoms with Crippen LogP contribution in [0.3, 0.4) is 0 Å². The van der Waals surface area contributed by atoms with Gasteiger partial charge in [0.15, 0.2) is 5.13 Å². The van der Waals surface area contributed by atoms with Crippen molar-refractivity contribution in [3.8, 4) is 6.07 Å². The van der Waals surface area contributed by atoms with E-state index in [1.165, 1.54) is 11.3 Å². The summed E-state index contributed by atoms with van der Waals surface area (Å²) in [5, 5.41) is 14.6. The van der Waals surface area contributed by atoms with Gasteiger partial charge in [-0.3, -0.25) is 5.32 Å². The van der Waals surface area contributed by atoms with Gasteiger partial charge < -0.3 is 5.32 Å². The highest BCUT2D eigenvalue weighted by Gasteiger charge is 2.08. The van der Waals surface area contributed by atoms with Crippen LogP contribution in [0.1, 0.15) is 30.2 Å². The van der Waals surface area contributed by atoms with Crippen LogP contribution in [0, 0.1) is 11.3 Å². The first kappa shape index (κ1) is 14.0. The molecule has 0 aliphatic carbocycles. The lowest BCUT2D eigenvalue weighted by Gasteiger charge is -2.05. The Morgan fingerprint density at radius 2 is 2.00 bits per heavy atom. The Morgan fingerprint density at radius 1 is 1.30 bits per heavy atom. The topological polar surface area (TPSA) is 77.8 Å². The maximum atomic E-state index is 11.8. The first-order valence-corrected chi connectivity index (χ1v) is 6.94. The molecule has 1 heterocycles. The number of benzene rings is 1. The predicted octanol–water partition coefficient (Wildman–Crippen LogP) is 3.78. The largest absolute Gasteiger partial charge is 0.325 e. The van der Waals surface area contributed by atoms with Crippen molar-refractivity contribution in [3.05, 3.63) is 40.9 Å². The van der Waals surface area contributed by atoms with Gasteiger partial charge in [0.1, 0.15) is 0 Å². The van der Waals surface area contributed by atoms with E-state index in [1.807, 2.05) is 6.07 Å². The van der Waals surface area contributed by atoms with E-state index < -0.39 is 0 Å². The molecule has 20 heavy (non-hydrogen) atoms. The number of thiazole rings is 1. The Morgan fingerprint density at radius 3 is 2.55 bits per heavy atom. The minimum absolute atomic E-state index is 0.348. The number of carbonyl (C=O) groups is 1. The molecule has 0 spiro atoms. The number of carbonyl (C=O) groups excluding carboxylic acids is 1. The zero-order valence-corrected chi connectivity index (χ0v) is 12.0. The number of urea groups is 1. The molecule has 0 unspecified atom stereocenters. The molecule has 2 aromatic rings. The molecule has 0 radical (unpaired) electrons. The zero-order valence-electron chi connectivity index (χ0n) is 11.2. The summed E-state index contributed by atoms with van der Waals surface area (Å²) in [5.41, 5.74) is 1.18. The van der Waals surface area contributed by atoms with E-state index in [2.05, 4.69) is 29.5 Å². The van der Waals surface area contributed by atoms with Crippen LogP contribution in [-0.2, 0) is 0 Å². The Kier molecular flexibility index (Phi) is 4.33. The van der Waals surface area contributed by atoms with Crippen molar-refractivity contribution >= 4 is 28.2 Å². The summed E-state index contributed by atoms with van der Waals surface area (Å²) >= 11 is 1.46. The molecule has 1 aromatic heterocycles. The summed E-state index contributed by atoms with van der Waals surface area (Å²) in [7, 11) is 0. The minimum atomic E-state index is -0.348. The Bertz CT molecular complexity index is 640. The highest BCUT2D eigenvalue weighted by Crippen LogP contribution is 2.25. The molecule has 2 rings (SSSR count). The maximum absolute atomic E-state index is 11.8. The lowest BCUT2D eigenvalue weighted by atomic mass is 10.2. The number of hydrogen-bond donors (Lipinski definition) is 2. The summed E-state index contributed by atoms with van der Waals surface area (Å²) < 4.78 is 0. The van der Waals surface area contributed by atoms with Gasteiger partial charge in [-0.2, -0.15) is 5.26 Å². The van der Waals surface area contributed by atoms with Crippen molar-refractivity contribution in [3.63, 3.8) is 0 Å². The number of nitrogens with one attached hydrogen (secondary N) is 2. The van der Waals surface area contributed by atoms with Gasteiger partial charge in [-0.05, 0) is 30.2 Å². The number of rotatable bonds is 3. The van der Waals surface area contributed by atoms with Crippen molar-refractivity contribution in [2.45, 2.75) is 19.8 Å². The first-order valence-electron chi connectivity index (χ1n) is 6.12. The smallest absolute Gasteiger partial charge is 0.308 e. The second kappa shape index (κ2) is 6.17. The Labute approximate surface area is 121 Å². The third-order valence-electron chi connectivity index (χ3n) is 2.58. The van der Waals surface area contributed by atoms with Gasteiger partial charge in [0.05, 0.1) is 11.6 Å². The molecule has 0 saturated heterocycles. The van der Waals surface area contributed by atoms with E-state index in [1.54, 1.807) is 30.5 Å². The van der Waals surface area contributed by atoms with E-state index in [4.69, 9.17) is 5.26 Å². The normalized spacial score (nSPS) is 10.1. The van der Waals surface area contributed by atoms with Crippen molar-refractivity contribution in [1.29, 1.82) is 5.26 Å². The van der Waals surface area contributed by atoms with E-state index in [0.29, 0.717) is 22.3 Å². The molecule has 0 aliphatic heterocycles. The van der Waals surface area contributed by atoms with Gasteiger partial charge in [0.2, 0.25) is 0 Å². The maximum Gasteiger partial charge on any atom is 0.325 e. The lowest BCUT2D eigenvalue weighted by molar-refractivity contribution is 0.262. The zero-order chi connectivity index (χ0) is 14.5. The van der Waals surface area contributed by atoms with E-state index in [-0.39, 0.29) is 6.03 Å². The van der Waals surface area contributed by atoms with E-state index >= 15 is 0 Å². The summed E-state index contributed by atoms with van der Waals surface area (Å²) in [6, 6.07) is 8.33. The molecule has 0 atom stereocenters. The highest BCUT2D eigenvalue weighted by molar-refractivity contribution is 7.15. The molecular formula is C14H14N4OS. The number of amides is 2. The number of nitrogens with zero attached hydrogens (tertiary/aromatic N) is 2. The molecule has 0 saturated carbocycles. The lowest BCUT2D eigenvalue weighted by Crippen LogP contribution is -2.19. The molecule has 6 heteroatoms. The second-order valence-electron chi connectivity index (χ2n) is 4.49. The summed E-state index contributed by atoms with van der Waals surface area (Å²) in [6.45, 7) is 4.15. The molecule has 0 fully saturated rings. The molecule has 0 bridgehead atoms. The van der Waals surface area contributed by atoms with Crippen molar-refractivity contribution in [2.24, 2.45) is 0 Å². The van der Waals surface area contributed by atoms with Crippen LogP contribution in [0.25, 0.3) is 0 Å². The number of aromatic nitrogens is 1. The molecule has 5 nitrogen and oxygen atoms in total. The second-order valence-corrected chi connectivity index (χ2v) is 5.55. The summed E-state index contributed by atoms with van der Waals surface area (Å²) in [5.74, 6) is 0.393. The highest BCUT2D eigenvalue weighted by atomic mass is 32.1. The summed E-state index contributed by atoms with van der Waals surface area (Å²) in [6.07, 6.45) is 1.77. The molecule has 0 aliphatic rings. The first-order chi connectivity index (χ1) is 9.58. The SMILES string of the molecule is CC(C)c1cnc(NC(=O)Nc2ccc(C#N)cc2)s1. The van der Waals surface area contributed by atoms with Gasteiger partial charge >= 0.3 is 6.03 Å². The number of hydrogen-bond acceptors (Lipinski definition) is 4. The fourth-order valence-electron chi connectivity index (χ4n) is 1.50. The summed E-state index contributed by atoms with van der Waals surface area (Å²) in [4.78, 5) is 17.1. The van der Waals surface area contributed by atoms with Crippen LogP contribution in [0.15, 0.2) is 30.5 Å². The Hall–Kier alpha value is -2.39. The van der Waals surface area contributed by atoms with Crippen LogP contribution in [0.4, 0.5) is 15.6 Å². The van der Waals surface area contributed by atoms with Gasteiger partial charge in [-0.1, -0.05) is 13.8 Å². The standard InChI is InChI=1S/C14H14N4OS/c1-9(2)12-8-16-14(20-12)18-13(19)17-11-5-3-10(7-15)4-6-11/h3-6,8-9H,1-2H3,(H2,16,17,18,19). The van der Waals surface area contributed by atoms with Gasteiger partial charge in [0.25, 0.3) is 0 Å². The minimum Gasteiger partial charge on any atom is -0.308 e. The number of nitriles is 1. The van der Waals surface area contributed by atoms with Crippen molar-refractivity contribution < 1.29 is 4.79 Å². The van der Waals surface area contributed by atoms with Crippen molar-refractivity contribution in [2.75, 3.05) is 10.6 Å². The van der Waals surface area contributed by atoms with Crippen molar-refractivity contribution in [1.82, 2.24) is 4.98 Å². The third kappa shape index (κ3) is 3.56. The van der Waals surface area contributed by atoms with Crippen LogP contribution in [-0.4, -0.2) is 11.0 Å². The molecule has 1 aromatic carbocycles. The van der Waals surface area contributed by atoms with E-state index in [0.717, 1.165) is 4.88 Å². The monoisotopic (exact) mass is 286 g/mol. The molecule has 2 N–H and O–H groups in total. The van der Waals surface area contributed by atoms with Crippen LogP contribution in [0.5, 0.6) is 0 Å². The third-order valence-corrected chi connectivity index (χ3v) is 3.80.